The van der Waals surface area contributed by atoms with Crippen LogP contribution < -0.4 is 10.6 Å². The number of hydrogen-bond donors (Lipinski definition) is 1. The molecular weight excluding hydrogens is 178 g/mol. The molecule has 4 heteroatoms. The van der Waals surface area contributed by atoms with Crippen LogP contribution in [0, 0.1) is 6.07 Å². The van der Waals surface area contributed by atoms with Gasteiger partial charge < -0.3 is 10.6 Å². The molecule has 4 nitrogen and oxygen atoms in total. The number of carbonyl (C=O) groups is 1. The number of rotatable bonds is 4. The molecular formula is C10H14N3O. The number of anilines is 1. The van der Waals surface area contributed by atoms with Crippen LogP contribution in [0.3, 0.4) is 0 Å². The van der Waals surface area contributed by atoms with Gasteiger partial charge in [-0.1, -0.05) is 0 Å². The summed E-state index contributed by atoms with van der Waals surface area (Å²) in [7, 11) is 0. The largest absolute Gasteiger partial charge is 0.364 e. The maximum atomic E-state index is 10.9. The number of hydrogen-bond acceptors (Lipinski definition) is 3. The summed E-state index contributed by atoms with van der Waals surface area (Å²) in [4.78, 5) is 17.0. The molecule has 14 heavy (non-hydrogen) atoms. The number of nitrogens with two attached hydrogens (primary N) is 1. The first-order valence-corrected chi connectivity index (χ1v) is 4.62. The first kappa shape index (κ1) is 10.5. The average molecular weight is 192 g/mol. The van der Waals surface area contributed by atoms with Crippen LogP contribution >= 0.6 is 0 Å². The highest BCUT2D eigenvalue weighted by atomic mass is 16.1. The van der Waals surface area contributed by atoms with Gasteiger partial charge in [-0.05, 0) is 26.0 Å². The minimum Gasteiger partial charge on any atom is -0.364 e. The number of carbonyl (C=O) groups excluding carboxylic acids is 1. The second-order valence-electron chi connectivity index (χ2n) is 2.83. The van der Waals surface area contributed by atoms with Gasteiger partial charge in [0.15, 0.2) is 0 Å². The van der Waals surface area contributed by atoms with Crippen LogP contribution in [0.25, 0.3) is 0 Å². The monoisotopic (exact) mass is 192 g/mol. The van der Waals surface area contributed by atoms with Crippen LogP contribution in [0.2, 0.25) is 0 Å². The summed E-state index contributed by atoms with van der Waals surface area (Å²) in [6, 6.07) is 6.19. The van der Waals surface area contributed by atoms with Gasteiger partial charge >= 0.3 is 0 Å². The van der Waals surface area contributed by atoms with Crippen molar-refractivity contribution in [1.29, 1.82) is 0 Å². The van der Waals surface area contributed by atoms with E-state index in [2.05, 4.69) is 11.1 Å². The zero-order valence-electron chi connectivity index (χ0n) is 8.45. The maximum absolute atomic E-state index is 10.9. The lowest BCUT2D eigenvalue weighted by Gasteiger charge is -2.19. The number of nitrogens with zero attached hydrogens (tertiary/aromatic N) is 2. The molecule has 0 aliphatic rings. The zero-order chi connectivity index (χ0) is 10.6. The Balaban J connectivity index is 2.98. The molecule has 0 unspecified atom stereocenters. The minimum absolute atomic E-state index is 0.189. The summed E-state index contributed by atoms with van der Waals surface area (Å²) in [5.41, 5.74) is 5.30. The van der Waals surface area contributed by atoms with Crippen molar-refractivity contribution in [2.45, 2.75) is 13.8 Å². The second kappa shape index (κ2) is 4.60. The third kappa shape index (κ3) is 2.22. The van der Waals surface area contributed by atoms with E-state index in [4.69, 9.17) is 5.73 Å². The molecule has 75 valence electrons. The van der Waals surface area contributed by atoms with Gasteiger partial charge in [0, 0.05) is 19.2 Å². The summed E-state index contributed by atoms with van der Waals surface area (Å²) >= 11 is 0. The van der Waals surface area contributed by atoms with Crippen molar-refractivity contribution in [1.82, 2.24) is 4.98 Å². The first-order chi connectivity index (χ1) is 6.69. The predicted molar refractivity (Wildman–Crippen MR) is 55.2 cm³/mol. The fraction of sp³-hybridized carbons (Fsp3) is 0.400. The number of amides is 1. The Morgan fingerprint density at radius 3 is 2.71 bits per heavy atom. The molecule has 1 radical (unpaired) electrons. The van der Waals surface area contributed by atoms with Crippen LogP contribution in [0.5, 0.6) is 0 Å². The smallest absolute Gasteiger partial charge is 0.268 e. The highest BCUT2D eigenvalue weighted by Crippen LogP contribution is 2.09. The van der Waals surface area contributed by atoms with Gasteiger partial charge in [-0.25, -0.2) is 4.98 Å². The van der Waals surface area contributed by atoms with Crippen molar-refractivity contribution >= 4 is 11.7 Å². The molecule has 1 heterocycles. The lowest BCUT2D eigenvalue weighted by atomic mass is 10.3. The molecule has 1 rings (SSSR count). The molecule has 0 aromatic carbocycles. The summed E-state index contributed by atoms with van der Waals surface area (Å²) < 4.78 is 0. The lowest BCUT2D eigenvalue weighted by molar-refractivity contribution is 0.0995. The summed E-state index contributed by atoms with van der Waals surface area (Å²) in [6.07, 6.45) is 0. The predicted octanol–water partition coefficient (Wildman–Crippen LogP) is 0.827. The Morgan fingerprint density at radius 1 is 1.57 bits per heavy atom. The van der Waals surface area contributed by atoms with Gasteiger partial charge in [-0.3, -0.25) is 4.79 Å². The standard InChI is InChI=1S/C10H14N3O/c1-3-13(4-2)9-7-5-6-8(12-9)10(11)14/h5,7H,3-4H2,1-2H3,(H2,11,14). The van der Waals surface area contributed by atoms with Crippen molar-refractivity contribution in [3.8, 4) is 0 Å². The van der Waals surface area contributed by atoms with E-state index in [1.807, 2.05) is 24.8 Å². The van der Waals surface area contributed by atoms with Crippen molar-refractivity contribution in [2.75, 3.05) is 18.0 Å². The molecule has 0 aliphatic heterocycles. The van der Waals surface area contributed by atoms with Crippen LogP contribution in [0.4, 0.5) is 5.82 Å². The van der Waals surface area contributed by atoms with Gasteiger partial charge in [0.05, 0.1) is 0 Å². The van der Waals surface area contributed by atoms with E-state index in [0.29, 0.717) is 0 Å². The normalized spacial score (nSPS) is 9.86. The molecule has 1 amide bonds. The molecule has 0 atom stereocenters. The number of primary amides is 1. The van der Waals surface area contributed by atoms with Gasteiger partial charge in [-0.2, -0.15) is 0 Å². The quantitative estimate of drug-likeness (QED) is 0.768. The third-order valence-corrected chi connectivity index (χ3v) is 2.00. The zero-order valence-corrected chi connectivity index (χ0v) is 8.45. The minimum atomic E-state index is -0.543. The molecule has 0 bridgehead atoms. The Labute approximate surface area is 83.7 Å². The van der Waals surface area contributed by atoms with Gasteiger partial charge in [-0.15, -0.1) is 0 Å². The van der Waals surface area contributed by atoms with E-state index in [1.165, 1.54) is 0 Å². The Hall–Kier alpha value is -1.58. The van der Waals surface area contributed by atoms with Gasteiger partial charge in [0.25, 0.3) is 5.91 Å². The van der Waals surface area contributed by atoms with Crippen LogP contribution in [-0.2, 0) is 0 Å². The number of pyridine rings is 1. The van der Waals surface area contributed by atoms with Gasteiger partial charge in [0.2, 0.25) is 0 Å². The molecule has 1 aromatic rings. The lowest BCUT2D eigenvalue weighted by Crippen LogP contribution is -2.24. The topological polar surface area (TPSA) is 59.2 Å². The Morgan fingerprint density at radius 2 is 2.21 bits per heavy atom. The summed E-state index contributed by atoms with van der Waals surface area (Å²) in [5.74, 6) is 0.224. The summed E-state index contributed by atoms with van der Waals surface area (Å²) in [5, 5.41) is 0. The highest BCUT2D eigenvalue weighted by molar-refractivity contribution is 5.90. The highest BCUT2D eigenvalue weighted by Gasteiger charge is 2.07. The van der Waals surface area contributed by atoms with Crippen molar-refractivity contribution < 1.29 is 4.79 Å². The van der Waals surface area contributed by atoms with Crippen LogP contribution in [-0.4, -0.2) is 24.0 Å². The maximum Gasteiger partial charge on any atom is 0.268 e. The molecule has 0 spiro atoms. The van der Waals surface area contributed by atoms with Crippen molar-refractivity contribution in [2.24, 2.45) is 5.73 Å². The van der Waals surface area contributed by atoms with E-state index in [9.17, 15) is 4.79 Å². The average Bonchev–Trinajstić information content (AvgIpc) is 2.20. The van der Waals surface area contributed by atoms with Crippen LogP contribution in [0.1, 0.15) is 24.3 Å². The SMILES string of the molecule is CCN(CC)c1cc[c]c(C(N)=O)n1. The van der Waals surface area contributed by atoms with Gasteiger partial charge in [0.1, 0.15) is 11.5 Å². The van der Waals surface area contributed by atoms with Crippen molar-refractivity contribution in [3.63, 3.8) is 0 Å². The molecule has 0 saturated carbocycles. The fourth-order valence-corrected chi connectivity index (χ4v) is 1.23. The first-order valence-electron chi connectivity index (χ1n) is 4.62. The van der Waals surface area contributed by atoms with Crippen molar-refractivity contribution in [3.05, 3.63) is 23.9 Å². The van der Waals surface area contributed by atoms with E-state index in [-0.39, 0.29) is 5.69 Å². The molecule has 0 aliphatic carbocycles. The Bertz CT molecular complexity index is 321. The van der Waals surface area contributed by atoms with Crippen LogP contribution in [0.15, 0.2) is 12.1 Å². The second-order valence-corrected chi connectivity index (χ2v) is 2.83. The van der Waals surface area contributed by atoms with E-state index < -0.39 is 5.91 Å². The fourth-order valence-electron chi connectivity index (χ4n) is 1.23. The van der Waals surface area contributed by atoms with E-state index >= 15 is 0 Å². The van der Waals surface area contributed by atoms with E-state index in [0.717, 1.165) is 18.9 Å². The third-order valence-electron chi connectivity index (χ3n) is 2.00. The number of aromatic nitrogens is 1. The molecule has 2 N–H and O–H groups in total. The Kier molecular flexibility index (Phi) is 3.45. The summed E-state index contributed by atoms with van der Waals surface area (Å²) in [6.45, 7) is 5.77. The molecule has 1 aromatic heterocycles. The van der Waals surface area contributed by atoms with E-state index in [1.54, 1.807) is 6.07 Å². The molecule has 0 fully saturated rings. The molecule has 0 saturated heterocycles.